The predicted molar refractivity (Wildman–Crippen MR) is 65.3 cm³/mol. The van der Waals surface area contributed by atoms with Gasteiger partial charge < -0.3 is 0 Å². The molecular formula is C13H14N2O4. The van der Waals surface area contributed by atoms with E-state index in [1.165, 1.54) is 0 Å². The van der Waals surface area contributed by atoms with Crippen molar-refractivity contribution >= 4 is 23.6 Å². The zero-order chi connectivity index (χ0) is 14.5. The number of imide groups is 2. The Bertz CT molecular complexity index is 498. The Kier molecular flexibility index (Phi) is 2.88. The van der Waals surface area contributed by atoms with Crippen LogP contribution >= 0.6 is 0 Å². The number of rotatable bonds is 2. The molecule has 0 bridgehead atoms. The van der Waals surface area contributed by atoms with Crippen LogP contribution in [-0.4, -0.2) is 40.1 Å². The molecule has 0 unspecified atom stereocenters. The number of carbonyl (C=O) groups is 4. The summed E-state index contributed by atoms with van der Waals surface area (Å²) >= 11 is 0. The Hall–Kier alpha value is -2.24. The minimum atomic E-state index is -0.453. The fraction of sp³-hybridized carbons (Fsp3) is 0.385. The molecule has 2 rings (SSSR count). The van der Waals surface area contributed by atoms with Crippen LogP contribution in [0.1, 0.15) is 27.7 Å². The van der Waals surface area contributed by atoms with Gasteiger partial charge >= 0.3 is 0 Å². The van der Waals surface area contributed by atoms with Crippen molar-refractivity contribution in [1.82, 2.24) is 9.80 Å². The van der Waals surface area contributed by atoms with E-state index in [0.717, 1.165) is 9.80 Å². The highest BCUT2D eigenvalue weighted by Crippen LogP contribution is 2.24. The van der Waals surface area contributed by atoms with Gasteiger partial charge in [-0.25, -0.2) is 0 Å². The van der Waals surface area contributed by atoms with Gasteiger partial charge in [-0.15, -0.1) is 0 Å². The predicted octanol–water partition coefficient (Wildman–Crippen LogP) is 0.354. The lowest BCUT2D eigenvalue weighted by atomic mass is 10.2. The van der Waals surface area contributed by atoms with Gasteiger partial charge in [0.1, 0.15) is 6.67 Å². The molecule has 0 saturated heterocycles. The molecule has 100 valence electrons. The second-order valence-electron chi connectivity index (χ2n) is 4.72. The summed E-state index contributed by atoms with van der Waals surface area (Å²) in [5.74, 6) is -1.81. The molecule has 0 spiro atoms. The maximum Gasteiger partial charge on any atom is 0.258 e. The van der Waals surface area contributed by atoms with Crippen molar-refractivity contribution in [3.05, 3.63) is 22.3 Å². The summed E-state index contributed by atoms with van der Waals surface area (Å²) in [5, 5.41) is 0. The van der Waals surface area contributed by atoms with Gasteiger partial charge in [0, 0.05) is 22.3 Å². The SMILES string of the molecule is CC1=C(C)C(=O)N(CN2C(=O)C(C)=C(C)C2=O)C1=O. The Morgan fingerprint density at radius 2 is 0.789 bits per heavy atom. The van der Waals surface area contributed by atoms with Crippen LogP contribution in [0.15, 0.2) is 22.3 Å². The second-order valence-corrected chi connectivity index (χ2v) is 4.72. The highest BCUT2D eigenvalue weighted by molar-refractivity contribution is 6.21. The highest BCUT2D eigenvalue weighted by Gasteiger charge is 2.40. The van der Waals surface area contributed by atoms with Crippen molar-refractivity contribution in [2.24, 2.45) is 0 Å². The van der Waals surface area contributed by atoms with E-state index in [1.54, 1.807) is 27.7 Å². The quantitative estimate of drug-likeness (QED) is 0.673. The van der Waals surface area contributed by atoms with E-state index in [0.29, 0.717) is 22.3 Å². The molecule has 6 heteroatoms. The van der Waals surface area contributed by atoms with Gasteiger partial charge in [0.2, 0.25) is 0 Å². The first-order chi connectivity index (χ1) is 8.77. The molecular weight excluding hydrogens is 248 g/mol. The van der Waals surface area contributed by atoms with Crippen LogP contribution in [0.25, 0.3) is 0 Å². The fourth-order valence-corrected chi connectivity index (χ4v) is 2.03. The van der Waals surface area contributed by atoms with Crippen LogP contribution in [0.5, 0.6) is 0 Å². The van der Waals surface area contributed by atoms with Crippen molar-refractivity contribution in [1.29, 1.82) is 0 Å². The third kappa shape index (κ3) is 1.71. The Labute approximate surface area is 110 Å². The summed E-state index contributed by atoms with van der Waals surface area (Å²) in [6, 6.07) is 0. The summed E-state index contributed by atoms with van der Waals surface area (Å²) < 4.78 is 0. The van der Waals surface area contributed by atoms with E-state index in [-0.39, 0.29) is 6.67 Å². The van der Waals surface area contributed by atoms with Crippen LogP contribution in [-0.2, 0) is 19.2 Å². The summed E-state index contributed by atoms with van der Waals surface area (Å²) in [4.78, 5) is 49.3. The first-order valence-electron chi connectivity index (χ1n) is 5.84. The molecule has 0 aliphatic carbocycles. The van der Waals surface area contributed by atoms with E-state index < -0.39 is 23.6 Å². The normalized spacial score (nSPS) is 20.6. The minimum Gasteiger partial charge on any atom is -0.269 e. The highest BCUT2D eigenvalue weighted by atomic mass is 16.2. The molecule has 0 aromatic rings. The lowest BCUT2D eigenvalue weighted by Gasteiger charge is -2.22. The average Bonchev–Trinajstić information content (AvgIpc) is 2.68. The molecule has 0 fully saturated rings. The molecule has 2 aliphatic heterocycles. The van der Waals surface area contributed by atoms with E-state index in [2.05, 4.69) is 0 Å². The molecule has 2 heterocycles. The lowest BCUT2D eigenvalue weighted by molar-refractivity contribution is -0.146. The molecule has 0 radical (unpaired) electrons. The number of hydrogen-bond donors (Lipinski definition) is 0. The van der Waals surface area contributed by atoms with Gasteiger partial charge in [0.05, 0.1) is 0 Å². The van der Waals surface area contributed by atoms with Gasteiger partial charge in [0.25, 0.3) is 23.6 Å². The Morgan fingerprint density at radius 3 is 1.00 bits per heavy atom. The fourth-order valence-electron chi connectivity index (χ4n) is 2.03. The van der Waals surface area contributed by atoms with Gasteiger partial charge in [-0.2, -0.15) is 0 Å². The molecule has 0 aromatic heterocycles. The van der Waals surface area contributed by atoms with E-state index >= 15 is 0 Å². The maximum absolute atomic E-state index is 11.9. The second kappa shape index (κ2) is 4.15. The first kappa shape index (κ1) is 13.2. The molecule has 0 atom stereocenters. The first-order valence-corrected chi connectivity index (χ1v) is 5.84. The summed E-state index contributed by atoms with van der Waals surface area (Å²) in [6.07, 6.45) is 0. The monoisotopic (exact) mass is 262 g/mol. The number of carbonyl (C=O) groups excluding carboxylic acids is 4. The van der Waals surface area contributed by atoms with Crippen molar-refractivity contribution in [2.75, 3.05) is 6.67 Å². The zero-order valence-corrected chi connectivity index (χ0v) is 11.2. The van der Waals surface area contributed by atoms with E-state index in [4.69, 9.17) is 0 Å². The van der Waals surface area contributed by atoms with Crippen molar-refractivity contribution in [3.8, 4) is 0 Å². The van der Waals surface area contributed by atoms with Crippen LogP contribution in [0.2, 0.25) is 0 Å². The van der Waals surface area contributed by atoms with Crippen LogP contribution in [0.3, 0.4) is 0 Å². The molecule has 0 aromatic carbocycles. The smallest absolute Gasteiger partial charge is 0.258 e. The largest absolute Gasteiger partial charge is 0.269 e. The molecule has 4 amide bonds. The number of hydrogen-bond acceptors (Lipinski definition) is 4. The van der Waals surface area contributed by atoms with Gasteiger partial charge in [0.15, 0.2) is 0 Å². The number of amides is 4. The van der Waals surface area contributed by atoms with Crippen LogP contribution in [0, 0.1) is 0 Å². The van der Waals surface area contributed by atoms with Gasteiger partial charge in [-0.1, -0.05) is 0 Å². The van der Waals surface area contributed by atoms with Crippen molar-refractivity contribution in [3.63, 3.8) is 0 Å². The lowest BCUT2D eigenvalue weighted by Crippen LogP contribution is -2.45. The summed E-state index contributed by atoms with van der Waals surface area (Å²) in [7, 11) is 0. The van der Waals surface area contributed by atoms with Gasteiger partial charge in [-0.3, -0.25) is 29.0 Å². The average molecular weight is 262 g/mol. The van der Waals surface area contributed by atoms with Crippen LogP contribution in [0.4, 0.5) is 0 Å². The zero-order valence-electron chi connectivity index (χ0n) is 11.2. The standard InChI is InChI=1S/C13H14N2O4/c1-6-7(2)11(17)14(10(6)16)5-15-12(18)8(3)9(4)13(15)19/h5H2,1-4H3. The van der Waals surface area contributed by atoms with E-state index in [9.17, 15) is 19.2 Å². The van der Waals surface area contributed by atoms with Crippen LogP contribution < -0.4 is 0 Å². The van der Waals surface area contributed by atoms with Crippen molar-refractivity contribution < 1.29 is 19.2 Å². The number of nitrogens with zero attached hydrogens (tertiary/aromatic N) is 2. The maximum atomic E-state index is 11.9. The third-order valence-electron chi connectivity index (χ3n) is 3.67. The molecule has 0 N–H and O–H groups in total. The van der Waals surface area contributed by atoms with Gasteiger partial charge in [-0.05, 0) is 27.7 Å². The molecule has 0 saturated carbocycles. The summed E-state index contributed by atoms with van der Waals surface area (Å²) in [5.41, 5.74) is 1.41. The van der Waals surface area contributed by atoms with Crippen molar-refractivity contribution in [2.45, 2.75) is 27.7 Å². The van der Waals surface area contributed by atoms with E-state index in [1.807, 2.05) is 0 Å². The topological polar surface area (TPSA) is 74.8 Å². The Balaban J connectivity index is 2.22. The third-order valence-corrected chi connectivity index (χ3v) is 3.67. The molecule has 2 aliphatic rings. The minimum absolute atomic E-state index is 0.321. The Morgan fingerprint density at radius 1 is 0.579 bits per heavy atom. The molecule has 6 nitrogen and oxygen atoms in total. The molecule has 19 heavy (non-hydrogen) atoms. The summed E-state index contributed by atoms with van der Waals surface area (Å²) in [6.45, 7) is 5.89.